The standard InChI is InChI=1S/C34H65NO7/c1-6-8-9-10-11-12-13-14-15-16-17-18-19-20-21-22-23-24-25-33(37)42-30(29-41-32(36)7-2)28-40-27-26-31(34(38)39)35(3,4)5/h30-31H,6-29H2,1-5H3/p+1. The number of unbranched alkanes of at least 4 members (excludes halogenated alkanes) is 17. The molecule has 42 heavy (non-hydrogen) atoms. The molecule has 0 radical (unpaired) electrons. The van der Waals surface area contributed by atoms with Crippen molar-refractivity contribution in [3.63, 3.8) is 0 Å². The first-order valence-electron chi connectivity index (χ1n) is 17.1. The van der Waals surface area contributed by atoms with E-state index in [4.69, 9.17) is 14.2 Å². The van der Waals surface area contributed by atoms with Crippen LogP contribution in [0.5, 0.6) is 0 Å². The smallest absolute Gasteiger partial charge is 0.362 e. The van der Waals surface area contributed by atoms with Crippen LogP contribution in [0.25, 0.3) is 0 Å². The summed E-state index contributed by atoms with van der Waals surface area (Å²) in [6.07, 6.45) is 23.5. The summed E-state index contributed by atoms with van der Waals surface area (Å²) < 4.78 is 16.6. The monoisotopic (exact) mass is 600 g/mol. The van der Waals surface area contributed by atoms with Crippen LogP contribution in [0.1, 0.15) is 149 Å². The predicted octanol–water partition coefficient (Wildman–Crippen LogP) is 7.85. The van der Waals surface area contributed by atoms with Crippen LogP contribution in [0.4, 0.5) is 0 Å². The molecular formula is C34H66NO7+. The number of carbonyl (C=O) groups excluding carboxylic acids is 2. The van der Waals surface area contributed by atoms with Gasteiger partial charge in [0.05, 0.1) is 34.4 Å². The molecule has 2 unspecified atom stereocenters. The SMILES string of the molecule is CCCCCCCCCCCCCCCCCCCCC(=O)OC(COCCC(C(=O)O)[N+](C)(C)C)COC(=O)CC. The van der Waals surface area contributed by atoms with E-state index in [1.165, 1.54) is 96.3 Å². The summed E-state index contributed by atoms with van der Waals surface area (Å²) >= 11 is 0. The van der Waals surface area contributed by atoms with Crippen LogP contribution in [0, 0.1) is 0 Å². The minimum Gasteiger partial charge on any atom is -0.477 e. The largest absolute Gasteiger partial charge is 0.477 e. The van der Waals surface area contributed by atoms with Gasteiger partial charge in [0.2, 0.25) is 0 Å². The molecule has 0 saturated carbocycles. The Bertz CT molecular complexity index is 677. The van der Waals surface area contributed by atoms with Gasteiger partial charge in [-0.3, -0.25) is 9.59 Å². The number of nitrogens with zero attached hydrogens (tertiary/aromatic N) is 1. The van der Waals surface area contributed by atoms with Crippen molar-refractivity contribution >= 4 is 17.9 Å². The number of rotatable bonds is 30. The number of likely N-dealkylation sites (N-methyl/N-ethyl adjacent to an activating group) is 1. The van der Waals surface area contributed by atoms with Crippen molar-refractivity contribution in [2.45, 2.75) is 161 Å². The number of quaternary nitrogens is 1. The third kappa shape index (κ3) is 24.9. The molecule has 8 nitrogen and oxygen atoms in total. The number of carboxylic acid groups (broad SMARTS) is 1. The highest BCUT2D eigenvalue weighted by Gasteiger charge is 2.31. The Morgan fingerprint density at radius 2 is 1.10 bits per heavy atom. The molecular weight excluding hydrogens is 534 g/mol. The van der Waals surface area contributed by atoms with Gasteiger partial charge in [0.25, 0.3) is 0 Å². The lowest BCUT2D eigenvalue weighted by atomic mass is 10.0. The number of aliphatic carboxylic acids is 1. The van der Waals surface area contributed by atoms with Gasteiger partial charge in [-0.05, 0) is 6.42 Å². The van der Waals surface area contributed by atoms with Gasteiger partial charge in [-0.15, -0.1) is 0 Å². The van der Waals surface area contributed by atoms with Crippen molar-refractivity contribution in [1.29, 1.82) is 0 Å². The van der Waals surface area contributed by atoms with Crippen molar-refractivity contribution in [2.24, 2.45) is 0 Å². The van der Waals surface area contributed by atoms with Gasteiger partial charge in [0.1, 0.15) is 6.61 Å². The van der Waals surface area contributed by atoms with Gasteiger partial charge in [-0.1, -0.05) is 123 Å². The maximum absolute atomic E-state index is 12.4. The first-order valence-corrected chi connectivity index (χ1v) is 17.1. The number of hydrogen-bond acceptors (Lipinski definition) is 6. The topological polar surface area (TPSA) is 99.1 Å². The molecule has 0 aromatic rings. The first-order chi connectivity index (χ1) is 20.1. The van der Waals surface area contributed by atoms with E-state index in [0.29, 0.717) is 12.8 Å². The highest BCUT2D eigenvalue weighted by atomic mass is 16.6. The average Bonchev–Trinajstić information content (AvgIpc) is 2.93. The second-order valence-corrected chi connectivity index (χ2v) is 12.7. The molecule has 0 aliphatic carbocycles. The van der Waals surface area contributed by atoms with Crippen molar-refractivity contribution in [2.75, 3.05) is 41.0 Å². The Labute approximate surface area is 257 Å². The zero-order valence-corrected chi connectivity index (χ0v) is 28.0. The van der Waals surface area contributed by atoms with E-state index in [-0.39, 0.29) is 42.7 Å². The Hall–Kier alpha value is -1.67. The van der Waals surface area contributed by atoms with Gasteiger partial charge >= 0.3 is 17.9 Å². The molecule has 1 N–H and O–H groups in total. The molecule has 0 saturated heterocycles. The second-order valence-electron chi connectivity index (χ2n) is 12.7. The predicted molar refractivity (Wildman–Crippen MR) is 169 cm³/mol. The normalized spacial score (nSPS) is 13.1. The van der Waals surface area contributed by atoms with E-state index >= 15 is 0 Å². The van der Waals surface area contributed by atoms with Crippen LogP contribution in [-0.4, -0.2) is 80.6 Å². The van der Waals surface area contributed by atoms with Crippen LogP contribution >= 0.6 is 0 Å². The van der Waals surface area contributed by atoms with Crippen molar-refractivity contribution in [1.82, 2.24) is 0 Å². The highest BCUT2D eigenvalue weighted by molar-refractivity contribution is 5.72. The summed E-state index contributed by atoms with van der Waals surface area (Å²) in [7, 11) is 5.48. The maximum Gasteiger partial charge on any atom is 0.362 e. The van der Waals surface area contributed by atoms with Crippen LogP contribution in [0.2, 0.25) is 0 Å². The van der Waals surface area contributed by atoms with E-state index in [0.717, 1.165) is 19.3 Å². The number of ether oxygens (including phenoxy) is 3. The molecule has 0 aromatic carbocycles. The molecule has 2 atom stereocenters. The second kappa shape index (κ2) is 26.9. The van der Waals surface area contributed by atoms with Crippen LogP contribution in [-0.2, 0) is 28.6 Å². The summed E-state index contributed by atoms with van der Waals surface area (Å²) in [6.45, 7) is 4.19. The third-order valence-electron chi connectivity index (χ3n) is 7.81. The van der Waals surface area contributed by atoms with E-state index in [9.17, 15) is 19.5 Å². The Kier molecular flexibility index (Phi) is 25.8. The molecule has 0 spiro atoms. The Morgan fingerprint density at radius 3 is 1.50 bits per heavy atom. The fraction of sp³-hybridized carbons (Fsp3) is 0.912. The van der Waals surface area contributed by atoms with Gasteiger partial charge in [0, 0.05) is 19.3 Å². The van der Waals surface area contributed by atoms with Crippen LogP contribution in [0.15, 0.2) is 0 Å². The van der Waals surface area contributed by atoms with Gasteiger partial charge in [0.15, 0.2) is 12.1 Å². The summed E-state index contributed by atoms with van der Waals surface area (Å²) in [6, 6.07) is -0.603. The summed E-state index contributed by atoms with van der Waals surface area (Å²) in [5.74, 6) is -1.56. The quantitative estimate of drug-likeness (QED) is 0.0509. The van der Waals surface area contributed by atoms with Crippen LogP contribution < -0.4 is 0 Å². The summed E-state index contributed by atoms with van der Waals surface area (Å²) in [5.41, 5.74) is 0. The van der Waals surface area contributed by atoms with Crippen molar-refractivity contribution < 1.29 is 38.2 Å². The molecule has 0 aliphatic rings. The van der Waals surface area contributed by atoms with E-state index in [2.05, 4.69) is 6.92 Å². The molecule has 0 bridgehead atoms. The van der Waals surface area contributed by atoms with E-state index < -0.39 is 18.1 Å². The Morgan fingerprint density at radius 1 is 0.643 bits per heavy atom. The van der Waals surface area contributed by atoms with E-state index in [1.54, 1.807) is 6.92 Å². The molecule has 0 rings (SSSR count). The van der Waals surface area contributed by atoms with Gasteiger partial charge in [-0.25, -0.2) is 4.79 Å². The molecule has 0 fully saturated rings. The summed E-state index contributed by atoms with van der Waals surface area (Å²) in [4.78, 5) is 35.5. The zero-order chi connectivity index (χ0) is 31.5. The number of carbonyl (C=O) groups is 3. The number of carboxylic acids is 1. The first kappa shape index (κ1) is 40.3. The molecule has 0 aliphatic heterocycles. The van der Waals surface area contributed by atoms with Crippen molar-refractivity contribution in [3.8, 4) is 0 Å². The lowest BCUT2D eigenvalue weighted by molar-refractivity contribution is -0.887. The molecule has 0 amide bonds. The lowest BCUT2D eigenvalue weighted by Crippen LogP contribution is -2.50. The third-order valence-corrected chi connectivity index (χ3v) is 7.81. The number of esters is 2. The van der Waals surface area contributed by atoms with E-state index in [1.807, 2.05) is 21.1 Å². The fourth-order valence-corrected chi connectivity index (χ4v) is 5.07. The fourth-order valence-electron chi connectivity index (χ4n) is 5.07. The zero-order valence-electron chi connectivity index (χ0n) is 28.0. The molecule has 0 aromatic heterocycles. The Balaban J connectivity index is 3.93. The van der Waals surface area contributed by atoms with Gasteiger partial charge in [-0.2, -0.15) is 0 Å². The van der Waals surface area contributed by atoms with Gasteiger partial charge < -0.3 is 23.8 Å². The maximum atomic E-state index is 12.4. The average molecular weight is 601 g/mol. The molecule has 248 valence electrons. The molecule has 0 heterocycles. The lowest BCUT2D eigenvalue weighted by Gasteiger charge is -2.31. The highest BCUT2D eigenvalue weighted by Crippen LogP contribution is 2.15. The van der Waals surface area contributed by atoms with Crippen LogP contribution in [0.3, 0.4) is 0 Å². The minimum atomic E-state index is -0.879. The molecule has 8 heteroatoms. The van der Waals surface area contributed by atoms with Crippen molar-refractivity contribution in [3.05, 3.63) is 0 Å². The summed E-state index contributed by atoms with van der Waals surface area (Å²) in [5, 5.41) is 9.46. The number of hydrogen-bond donors (Lipinski definition) is 1. The minimum absolute atomic E-state index is 0.0603.